The number of hydrogen-bond donors (Lipinski definition) is 1. The molecule has 1 rings (SSSR count). The fraction of sp³-hybridized carbons (Fsp3) is 0.444. The molecule has 1 aromatic rings. The van der Waals surface area contributed by atoms with Crippen molar-refractivity contribution >= 4 is 11.6 Å². The average Bonchev–Trinajstić information content (AvgIpc) is 2.16. The van der Waals surface area contributed by atoms with Gasteiger partial charge in [0.15, 0.2) is 0 Å². The molecule has 2 nitrogen and oxygen atoms in total. The second-order valence-electron chi connectivity index (χ2n) is 2.86. The first-order valence-corrected chi connectivity index (χ1v) is 4.57. The number of aromatic nitrogens is 1. The minimum absolute atomic E-state index is 0.000772. The van der Waals surface area contributed by atoms with Crippen LogP contribution in [-0.4, -0.2) is 10.1 Å². The first-order chi connectivity index (χ1) is 6.61. The third-order valence-corrected chi connectivity index (χ3v) is 2.36. The van der Waals surface area contributed by atoms with E-state index in [-0.39, 0.29) is 23.7 Å². The molecular formula is C9H10ClF2NO. The van der Waals surface area contributed by atoms with Crippen LogP contribution in [0.2, 0.25) is 0 Å². The van der Waals surface area contributed by atoms with Gasteiger partial charge in [0.2, 0.25) is 0 Å². The first kappa shape index (κ1) is 11.3. The summed E-state index contributed by atoms with van der Waals surface area (Å²) in [6.45, 7) is 1.17. The van der Waals surface area contributed by atoms with Crippen molar-refractivity contribution in [2.45, 2.75) is 25.8 Å². The highest BCUT2D eigenvalue weighted by molar-refractivity contribution is 6.17. The van der Waals surface area contributed by atoms with Crippen molar-refractivity contribution in [1.29, 1.82) is 0 Å². The van der Waals surface area contributed by atoms with Gasteiger partial charge in [0.05, 0.1) is 12.3 Å². The van der Waals surface area contributed by atoms with Crippen molar-refractivity contribution in [3.8, 4) is 0 Å². The van der Waals surface area contributed by atoms with Gasteiger partial charge in [-0.1, -0.05) is 0 Å². The monoisotopic (exact) mass is 221 g/mol. The lowest BCUT2D eigenvalue weighted by Gasteiger charge is -2.12. The Kier molecular flexibility index (Phi) is 3.77. The molecule has 0 fully saturated rings. The molecule has 0 aliphatic rings. The van der Waals surface area contributed by atoms with E-state index in [2.05, 4.69) is 4.98 Å². The lowest BCUT2D eigenvalue weighted by Crippen LogP contribution is -2.03. The Balaban J connectivity index is 3.31. The number of halogens is 3. The average molecular weight is 222 g/mol. The van der Waals surface area contributed by atoms with Crippen LogP contribution in [0, 0.1) is 6.92 Å². The number of nitrogens with zero attached hydrogens (tertiary/aromatic N) is 1. The molecule has 0 spiro atoms. The van der Waals surface area contributed by atoms with E-state index >= 15 is 0 Å². The zero-order valence-electron chi connectivity index (χ0n) is 7.60. The molecule has 0 aromatic carbocycles. The zero-order valence-corrected chi connectivity index (χ0v) is 8.35. The molecule has 0 aliphatic carbocycles. The maximum absolute atomic E-state index is 12.6. The SMILES string of the molecule is Cc1c(CO)ncc(CCl)c1C(F)F. The predicted octanol–water partition coefficient (Wildman–Crippen LogP) is 2.56. The normalized spacial score (nSPS) is 11.0. The van der Waals surface area contributed by atoms with Gasteiger partial charge < -0.3 is 5.11 Å². The second kappa shape index (κ2) is 4.66. The van der Waals surface area contributed by atoms with E-state index in [1.54, 1.807) is 0 Å². The molecule has 0 amide bonds. The fourth-order valence-corrected chi connectivity index (χ4v) is 1.50. The highest BCUT2D eigenvalue weighted by Crippen LogP contribution is 2.28. The van der Waals surface area contributed by atoms with Crippen molar-refractivity contribution in [1.82, 2.24) is 4.98 Å². The van der Waals surface area contributed by atoms with E-state index in [1.165, 1.54) is 13.1 Å². The molecule has 1 aromatic heterocycles. The largest absolute Gasteiger partial charge is 0.390 e. The Morgan fingerprint density at radius 3 is 2.64 bits per heavy atom. The Morgan fingerprint density at radius 1 is 1.57 bits per heavy atom. The molecule has 0 aliphatic heterocycles. The molecule has 0 radical (unpaired) electrons. The Hall–Kier alpha value is -0.740. The molecule has 0 unspecified atom stereocenters. The van der Waals surface area contributed by atoms with Gasteiger partial charge in [0.25, 0.3) is 6.43 Å². The van der Waals surface area contributed by atoms with Crippen LogP contribution in [0.25, 0.3) is 0 Å². The van der Waals surface area contributed by atoms with Crippen LogP contribution >= 0.6 is 11.6 Å². The molecule has 0 bridgehead atoms. The van der Waals surface area contributed by atoms with E-state index in [1.807, 2.05) is 0 Å². The molecule has 14 heavy (non-hydrogen) atoms. The summed E-state index contributed by atoms with van der Waals surface area (Å²) in [5.74, 6) is -0.000772. The highest BCUT2D eigenvalue weighted by atomic mass is 35.5. The number of pyridine rings is 1. The summed E-state index contributed by atoms with van der Waals surface area (Å²) in [6.07, 6.45) is -1.30. The van der Waals surface area contributed by atoms with Gasteiger partial charge in [0, 0.05) is 17.6 Å². The van der Waals surface area contributed by atoms with E-state index in [0.29, 0.717) is 11.1 Å². The molecule has 5 heteroatoms. The lowest BCUT2D eigenvalue weighted by atomic mass is 10.0. The molecule has 0 atom stereocenters. The summed E-state index contributed by atoms with van der Waals surface area (Å²) in [5, 5.41) is 8.85. The number of rotatable bonds is 3. The van der Waals surface area contributed by atoms with Crippen molar-refractivity contribution in [2.24, 2.45) is 0 Å². The van der Waals surface area contributed by atoms with Gasteiger partial charge in [-0.3, -0.25) is 4.98 Å². The van der Waals surface area contributed by atoms with Crippen LogP contribution in [0.3, 0.4) is 0 Å². The first-order valence-electron chi connectivity index (χ1n) is 4.04. The van der Waals surface area contributed by atoms with Crippen LogP contribution in [0.1, 0.15) is 28.8 Å². The fourth-order valence-electron chi connectivity index (χ4n) is 1.29. The maximum atomic E-state index is 12.6. The van der Waals surface area contributed by atoms with Crippen molar-refractivity contribution in [3.05, 3.63) is 28.6 Å². The maximum Gasteiger partial charge on any atom is 0.264 e. The lowest BCUT2D eigenvalue weighted by molar-refractivity contribution is 0.149. The summed E-state index contributed by atoms with van der Waals surface area (Å²) in [7, 11) is 0. The number of aliphatic hydroxyl groups is 1. The Morgan fingerprint density at radius 2 is 2.21 bits per heavy atom. The van der Waals surface area contributed by atoms with Gasteiger partial charge in [-0.05, 0) is 18.1 Å². The van der Waals surface area contributed by atoms with Crippen LogP contribution in [-0.2, 0) is 12.5 Å². The van der Waals surface area contributed by atoms with Crippen LogP contribution in [0.5, 0.6) is 0 Å². The zero-order chi connectivity index (χ0) is 10.7. The summed E-state index contributed by atoms with van der Waals surface area (Å²) in [6, 6.07) is 0. The van der Waals surface area contributed by atoms with Gasteiger partial charge in [-0.2, -0.15) is 0 Å². The van der Waals surface area contributed by atoms with Gasteiger partial charge in [-0.15, -0.1) is 11.6 Å². The van der Waals surface area contributed by atoms with Crippen molar-refractivity contribution in [2.75, 3.05) is 0 Å². The number of alkyl halides is 3. The third-order valence-electron chi connectivity index (χ3n) is 2.07. The Bertz CT molecular complexity index is 331. The molecule has 1 N–H and O–H groups in total. The standard InChI is InChI=1S/C9H10ClF2NO/c1-5-7(4-14)13-3-6(2-10)8(5)9(11)12/h3,9,14H,2,4H2,1H3. The quantitative estimate of drug-likeness (QED) is 0.796. The van der Waals surface area contributed by atoms with E-state index in [4.69, 9.17) is 16.7 Å². The summed E-state index contributed by atoms with van der Waals surface area (Å²) in [5.41, 5.74) is 0.797. The summed E-state index contributed by atoms with van der Waals surface area (Å²) >= 11 is 5.51. The van der Waals surface area contributed by atoms with Gasteiger partial charge in [-0.25, -0.2) is 8.78 Å². The summed E-state index contributed by atoms with van der Waals surface area (Å²) < 4.78 is 25.2. The molecule has 1 heterocycles. The van der Waals surface area contributed by atoms with Crippen LogP contribution < -0.4 is 0 Å². The van der Waals surface area contributed by atoms with E-state index in [9.17, 15) is 8.78 Å². The minimum Gasteiger partial charge on any atom is -0.390 e. The van der Waals surface area contributed by atoms with Gasteiger partial charge in [0.1, 0.15) is 0 Å². The molecular weight excluding hydrogens is 212 g/mol. The smallest absolute Gasteiger partial charge is 0.264 e. The molecule has 78 valence electrons. The van der Waals surface area contributed by atoms with Crippen molar-refractivity contribution < 1.29 is 13.9 Å². The molecule has 0 saturated carbocycles. The van der Waals surface area contributed by atoms with E-state index in [0.717, 1.165) is 0 Å². The molecule has 0 saturated heterocycles. The number of aliphatic hydroxyl groups excluding tert-OH is 1. The van der Waals surface area contributed by atoms with Crippen molar-refractivity contribution in [3.63, 3.8) is 0 Å². The topological polar surface area (TPSA) is 33.1 Å². The van der Waals surface area contributed by atoms with Crippen LogP contribution in [0.4, 0.5) is 8.78 Å². The van der Waals surface area contributed by atoms with E-state index < -0.39 is 6.43 Å². The van der Waals surface area contributed by atoms with Gasteiger partial charge >= 0.3 is 0 Å². The highest BCUT2D eigenvalue weighted by Gasteiger charge is 2.18. The minimum atomic E-state index is -2.59. The third kappa shape index (κ3) is 2.01. The van der Waals surface area contributed by atoms with Crippen LogP contribution in [0.15, 0.2) is 6.20 Å². The second-order valence-corrected chi connectivity index (χ2v) is 3.13. The predicted molar refractivity (Wildman–Crippen MR) is 49.4 cm³/mol. The summed E-state index contributed by atoms with van der Waals surface area (Å²) in [4.78, 5) is 3.84. The Labute approximate surface area is 85.5 Å². The number of hydrogen-bond acceptors (Lipinski definition) is 2.